The normalized spacial score (nSPS) is 31.4. The van der Waals surface area contributed by atoms with E-state index in [0.29, 0.717) is 18.7 Å². The molecule has 5 nitrogen and oxygen atoms in total. The number of carbonyl (C=O) groups is 1. The van der Waals surface area contributed by atoms with Crippen LogP contribution in [0, 0.1) is 18.8 Å². The Morgan fingerprint density at radius 2 is 2.10 bits per heavy atom. The van der Waals surface area contributed by atoms with Gasteiger partial charge in [-0.1, -0.05) is 0 Å². The highest BCUT2D eigenvalue weighted by atomic mass is 19.4. The van der Waals surface area contributed by atoms with E-state index in [1.54, 1.807) is 6.92 Å². The first kappa shape index (κ1) is 14.2. The molecule has 1 aromatic rings. The highest BCUT2D eigenvalue weighted by Crippen LogP contribution is 2.50. The molecule has 2 fully saturated rings. The summed E-state index contributed by atoms with van der Waals surface area (Å²) in [5.74, 6) is -3.00. The average Bonchev–Trinajstić information content (AvgIpc) is 2.97. The fourth-order valence-electron chi connectivity index (χ4n) is 3.16. The van der Waals surface area contributed by atoms with Crippen molar-refractivity contribution in [1.82, 2.24) is 9.97 Å². The lowest BCUT2D eigenvalue weighted by molar-refractivity contribution is -0.196. The molecule has 4 atom stereocenters. The summed E-state index contributed by atoms with van der Waals surface area (Å²) < 4.78 is 44.7. The molecule has 0 aliphatic carbocycles. The van der Waals surface area contributed by atoms with Crippen molar-refractivity contribution < 1.29 is 22.7 Å². The van der Waals surface area contributed by atoms with Gasteiger partial charge in [-0.05, 0) is 25.8 Å². The van der Waals surface area contributed by atoms with Crippen LogP contribution in [0.2, 0.25) is 0 Å². The lowest BCUT2D eigenvalue weighted by Crippen LogP contribution is -2.44. The predicted molar refractivity (Wildman–Crippen MR) is 66.3 cm³/mol. The van der Waals surface area contributed by atoms with Crippen molar-refractivity contribution >= 4 is 11.7 Å². The smallest absolute Gasteiger partial charge is 0.373 e. The van der Waals surface area contributed by atoms with Gasteiger partial charge in [0.15, 0.2) is 0 Å². The molecule has 2 saturated heterocycles. The number of ether oxygens (including phenoxy) is 1. The minimum atomic E-state index is -4.44. The molecule has 2 aliphatic rings. The molecule has 0 aromatic carbocycles. The molecule has 1 amide bonds. The minimum absolute atomic E-state index is 0.205. The largest absolute Gasteiger partial charge is 0.395 e. The van der Waals surface area contributed by atoms with Crippen molar-refractivity contribution in [3.63, 3.8) is 0 Å². The number of fused-ring (bicyclic) bond motifs is 2. The number of hydrogen-bond acceptors (Lipinski definition) is 4. The molecule has 1 aromatic heterocycles. The van der Waals surface area contributed by atoms with E-state index in [1.165, 1.54) is 12.3 Å². The predicted octanol–water partition coefficient (Wildman–Crippen LogP) is 2.08. The maximum absolute atomic E-state index is 13.1. The molecule has 21 heavy (non-hydrogen) atoms. The first-order valence-electron chi connectivity index (χ1n) is 6.69. The van der Waals surface area contributed by atoms with Crippen LogP contribution in [0.15, 0.2) is 12.3 Å². The molecule has 0 spiro atoms. The minimum Gasteiger partial charge on any atom is -0.373 e. The van der Waals surface area contributed by atoms with Gasteiger partial charge in [-0.2, -0.15) is 13.2 Å². The van der Waals surface area contributed by atoms with Crippen molar-refractivity contribution in [3.05, 3.63) is 18.1 Å². The number of halogens is 3. The summed E-state index contributed by atoms with van der Waals surface area (Å²) in [5.41, 5.74) is 0. The van der Waals surface area contributed by atoms with Crippen molar-refractivity contribution in [2.45, 2.75) is 38.1 Å². The molecule has 2 aliphatic heterocycles. The maximum Gasteiger partial charge on any atom is 0.395 e. The van der Waals surface area contributed by atoms with Gasteiger partial charge in [0.25, 0.3) is 0 Å². The van der Waals surface area contributed by atoms with Crippen LogP contribution >= 0.6 is 0 Å². The second kappa shape index (κ2) is 4.94. The van der Waals surface area contributed by atoms with Crippen LogP contribution in [0.25, 0.3) is 0 Å². The van der Waals surface area contributed by atoms with E-state index in [-0.39, 0.29) is 5.82 Å². The Bertz CT molecular complexity index is 564. The zero-order chi connectivity index (χ0) is 15.2. The van der Waals surface area contributed by atoms with Crippen molar-refractivity contribution in [3.8, 4) is 0 Å². The van der Waals surface area contributed by atoms with Gasteiger partial charge in [0.2, 0.25) is 5.91 Å². The molecule has 1 N–H and O–H groups in total. The first-order chi connectivity index (χ1) is 9.86. The molecule has 0 saturated carbocycles. The first-order valence-corrected chi connectivity index (χ1v) is 6.69. The lowest BCUT2D eigenvalue weighted by Gasteiger charge is -2.28. The van der Waals surface area contributed by atoms with Crippen molar-refractivity contribution in [1.29, 1.82) is 0 Å². The van der Waals surface area contributed by atoms with Crippen LogP contribution in [0.4, 0.5) is 19.0 Å². The number of hydrogen-bond donors (Lipinski definition) is 1. The third-order valence-electron chi connectivity index (χ3n) is 3.98. The average molecular weight is 301 g/mol. The SMILES string of the molecule is Cc1nccc(NC(=O)C2C3CCC(O3)C2C(F)(F)F)n1. The summed E-state index contributed by atoms with van der Waals surface area (Å²) in [6.07, 6.45) is -3.73. The Labute approximate surface area is 118 Å². The number of alkyl halides is 3. The number of nitrogens with zero attached hydrogens (tertiary/aromatic N) is 2. The molecule has 2 bridgehead atoms. The van der Waals surface area contributed by atoms with Gasteiger partial charge >= 0.3 is 6.18 Å². The summed E-state index contributed by atoms with van der Waals surface area (Å²) >= 11 is 0. The summed E-state index contributed by atoms with van der Waals surface area (Å²) in [4.78, 5) is 20.1. The Morgan fingerprint density at radius 1 is 1.38 bits per heavy atom. The van der Waals surface area contributed by atoms with Gasteiger partial charge in [0.05, 0.1) is 24.0 Å². The third-order valence-corrected chi connectivity index (χ3v) is 3.98. The van der Waals surface area contributed by atoms with Crippen molar-refractivity contribution in [2.75, 3.05) is 5.32 Å². The Morgan fingerprint density at radius 3 is 2.76 bits per heavy atom. The van der Waals surface area contributed by atoms with Crippen LogP contribution < -0.4 is 5.32 Å². The molecule has 114 valence electrons. The summed E-state index contributed by atoms with van der Waals surface area (Å²) in [6, 6.07) is 1.45. The number of aryl methyl sites for hydroxylation is 1. The Kier molecular flexibility index (Phi) is 3.35. The van der Waals surface area contributed by atoms with Gasteiger partial charge in [-0.3, -0.25) is 4.79 Å². The summed E-state index contributed by atoms with van der Waals surface area (Å²) in [6.45, 7) is 1.63. The Hall–Kier alpha value is -1.70. The number of aromatic nitrogens is 2. The van der Waals surface area contributed by atoms with E-state index in [4.69, 9.17) is 4.74 Å². The second-order valence-corrected chi connectivity index (χ2v) is 5.36. The van der Waals surface area contributed by atoms with E-state index < -0.39 is 36.1 Å². The Balaban J connectivity index is 1.80. The zero-order valence-corrected chi connectivity index (χ0v) is 11.2. The number of anilines is 1. The van der Waals surface area contributed by atoms with Gasteiger partial charge in [0, 0.05) is 6.20 Å². The number of amides is 1. The van der Waals surface area contributed by atoms with Gasteiger partial charge in [-0.25, -0.2) is 9.97 Å². The van der Waals surface area contributed by atoms with Gasteiger partial charge in [-0.15, -0.1) is 0 Å². The molecular formula is C13H14F3N3O2. The molecule has 8 heteroatoms. The molecule has 3 rings (SSSR count). The molecule has 0 radical (unpaired) electrons. The fraction of sp³-hybridized carbons (Fsp3) is 0.615. The lowest BCUT2D eigenvalue weighted by atomic mass is 9.78. The topological polar surface area (TPSA) is 64.1 Å². The van der Waals surface area contributed by atoms with Crippen molar-refractivity contribution in [2.24, 2.45) is 11.8 Å². The maximum atomic E-state index is 13.1. The standard InChI is InChI=1S/C13H14F3N3O2/c1-6-17-5-4-9(18-6)19-12(20)10-7-2-3-8(21-7)11(10)13(14,15)16/h4-5,7-8,10-11H,2-3H2,1H3,(H,17,18,19,20). The van der Waals surface area contributed by atoms with Crippen LogP contribution in [0.5, 0.6) is 0 Å². The van der Waals surface area contributed by atoms with Crippen LogP contribution in [0.1, 0.15) is 18.7 Å². The molecular weight excluding hydrogens is 287 g/mol. The monoisotopic (exact) mass is 301 g/mol. The molecule has 4 unspecified atom stereocenters. The van der Waals surface area contributed by atoms with E-state index in [2.05, 4.69) is 15.3 Å². The third kappa shape index (κ3) is 2.59. The molecule has 3 heterocycles. The fourth-order valence-corrected chi connectivity index (χ4v) is 3.16. The number of rotatable bonds is 2. The number of carbonyl (C=O) groups excluding carboxylic acids is 1. The van der Waals surface area contributed by atoms with E-state index in [0.717, 1.165) is 0 Å². The van der Waals surface area contributed by atoms with E-state index >= 15 is 0 Å². The van der Waals surface area contributed by atoms with Crippen LogP contribution in [0.3, 0.4) is 0 Å². The van der Waals surface area contributed by atoms with Crippen LogP contribution in [-0.4, -0.2) is 34.3 Å². The quantitative estimate of drug-likeness (QED) is 0.908. The highest BCUT2D eigenvalue weighted by Gasteiger charge is 2.62. The van der Waals surface area contributed by atoms with Crippen LogP contribution in [-0.2, 0) is 9.53 Å². The van der Waals surface area contributed by atoms with Gasteiger partial charge < -0.3 is 10.1 Å². The number of nitrogens with one attached hydrogen (secondary N) is 1. The van der Waals surface area contributed by atoms with E-state index in [9.17, 15) is 18.0 Å². The zero-order valence-electron chi connectivity index (χ0n) is 11.2. The van der Waals surface area contributed by atoms with E-state index in [1.807, 2.05) is 0 Å². The second-order valence-electron chi connectivity index (χ2n) is 5.36. The summed E-state index contributed by atoms with van der Waals surface area (Å²) in [7, 11) is 0. The summed E-state index contributed by atoms with van der Waals surface area (Å²) in [5, 5.41) is 2.44. The highest BCUT2D eigenvalue weighted by molar-refractivity contribution is 5.92. The van der Waals surface area contributed by atoms with Gasteiger partial charge in [0.1, 0.15) is 11.6 Å².